The third kappa shape index (κ3) is 4.56. The van der Waals surface area contributed by atoms with Gasteiger partial charge >= 0.3 is 0 Å². The number of rotatable bonds is 5. The third-order valence-corrected chi connectivity index (χ3v) is 6.13. The molecule has 1 aromatic carbocycles. The van der Waals surface area contributed by atoms with E-state index in [0.717, 1.165) is 45.6 Å². The lowest BCUT2D eigenvalue weighted by Crippen LogP contribution is -2.54. The Kier molecular flexibility index (Phi) is 5.53. The van der Waals surface area contributed by atoms with Crippen LogP contribution in [0.3, 0.4) is 0 Å². The number of likely N-dealkylation sites (tertiary alicyclic amines) is 2. The van der Waals surface area contributed by atoms with Crippen LogP contribution < -0.4 is 0 Å². The number of nitrogens with zero attached hydrogens (tertiary/aromatic N) is 3. The number of aromatic nitrogens is 1. The molecule has 0 bridgehead atoms. The Bertz CT molecular complexity index is 749. The molecule has 2 aliphatic heterocycles. The Morgan fingerprint density at radius 2 is 1.85 bits per heavy atom. The molecule has 2 aromatic rings. The van der Waals surface area contributed by atoms with Gasteiger partial charge in [-0.3, -0.25) is 14.7 Å². The van der Waals surface area contributed by atoms with E-state index in [0.29, 0.717) is 12.3 Å². The molecule has 0 unspecified atom stereocenters. The SMILES string of the molecule is O=C1CC[C@]2(CCCN(Cc3cccnc3)C2)CN1CCc1ccccc1. The van der Waals surface area contributed by atoms with Crippen LogP contribution >= 0.6 is 0 Å². The van der Waals surface area contributed by atoms with Gasteiger partial charge < -0.3 is 4.90 Å². The first kappa shape index (κ1) is 18.2. The molecule has 2 saturated heterocycles. The summed E-state index contributed by atoms with van der Waals surface area (Å²) in [5, 5.41) is 0. The number of carbonyl (C=O) groups excluding carboxylic acids is 1. The van der Waals surface area contributed by atoms with Crippen molar-refractivity contribution in [2.24, 2.45) is 5.41 Å². The Morgan fingerprint density at radius 3 is 2.67 bits per heavy atom. The number of carbonyl (C=O) groups is 1. The Hall–Kier alpha value is -2.20. The van der Waals surface area contributed by atoms with Crippen LogP contribution in [0.5, 0.6) is 0 Å². The number of piperidine rings is 2. The molecule has 2 aliphatic rings. The van der Waals surface area contributed by atoms with Crippen LogP contribution in [0.4, 0.5) is 0 Å². The van der Waals surface area contributed by atoms with E-state index in [1.807, 2.05) is 24.5 Å². The summed E-state index contributed by atoms with van der Waals surface area (Å²) < 4.78 is 0. The van der Waals surface area contributed by atoms with E-state index < -0.39 is 0 Å². The molecule has 0 aliphatic carbocycles. The Morgan fingerprint density at radius 1 is 1.00 bits per heavy atom. The fourth-order valence-electron chi connectivity index (χ4n) is 4.74. The van der Waals surface area contributed by atoms with E-state index in [9.17, 15) is 4.79 Å². The van der Waals surface area contributed by atoms with Gasteiger partial charge in [0, 0.05) is 50.4 Å². The fourth-order valence-corrected chi connectivity index (χ4v) is 4.74. The van der Waals surface area contributed by atoms with E-state index in [1.165, 1.54) is 24.0 Å². The van der Waals surface area contributed by atoms with Gasteiger partial charge in [-0.05, 0) is 49.4 Å². The van der Waals surface area contributed by atoms with Crippen LogP contribution in [-0.4, -0.2) is 46.9 Å². The minimum Gasteiger partial charge on any atom is -0.342 e. The molecule has 2 fully saturated rings. The van der Waals surface area contributed by atoms with E-state index in [2.05, 4.69) is 45.1 Å². The lowest BCUT2D eigenvalue weighted by Gasteiger charge is -2.48. The molecule has 0 saturated carbocycles. The molecule has 1 atom stereocenters. The highest BCUT2D eigenvalue weighted by Gasteiger charge is 2.41. The summed E-state index contributed by atoms with van der Waals surface area (Å²) in [5.74, 6) is 0.334. The minimum atomic E-state index is 0.269. The maximum atomic E-state index is 12.5. The van der Waals surface area contributed by atoms with Crippen LogP contribution in [0, 0.1) is 5.41 Å². The minimum absolute atomic E-state index is 0.269. The van der Waals surface area contributed by atoms with Gasteiger partial charge in [-0.1, -0.05) is 36.4 Å². The van der Waals surface area contributed by atoms with Gasteiger partial charge in [0.15, 0.2) is 0 Å². The second-order valence-electron chi connectivity index (χ2n) is 8.23. The molecule has 0 radical (unpaired) electrons. The first-order valence-electron chi connectivity index (χ1n) is 10.2. The average Bonchev–Trinajstić information content (AvgIpc) is 2.71. The molecule has 1 spiro atoms. The summed E-state index contributed by atoms with van der Waals surface area (Å²) in [5.41, 5.74) is 2.86. The molecule has 1 amide bonds. The molecule has 27 heavy (non-hydrogen) atoms. The quantitative estimate of drug-likeness (QED) is 0.815. The highest BCUT2D eigenvalue weighted by Crippen LogP contribution is 2.39. The second-order valence-corrected chi connectivity index (χ2v) is 8.23. The number of amides is 1. The van der Waals surface area contributed by atoms with E-state index in [1.54, 1.807) is 0 Å². The van der Waals surface area contributed by atoms with Crippen molar-refractivity contribution in [3.63, 3.8) is 0 Å². The van der Waals surface area contributed by atoms with Gasteiger partial charge in [-0.15, -0.1) is 0 Å². The Labute approximate surface area is 162 Å². The monoisotopic (exact) mass is 363 g/mol. The lowest BCUT2D eigenvalue weighted by molar-refractivity contribution is -0.139. The zero-order valence-electron chi connectivity index (χ0n) is 16.0. The summed E-state index contributed by atoms with van der Waals surface area (Å²) >= 11 is 0. The number of benzene rings is 1. The molecular formula is C23H29N3O. The average molecular weight is 364 g/mol. The third-order valence-electron chi connectivity index (χ3n) is 6.13. The summed E-state index contributed by atoms with van der Waals surface area (Å²) in [6.07, 6.45) is 8.96. The van der Waals surface area contributed by atoms with Crippen LogP contribution in [0.25, 0.3) is 0 Å². The van der Waals surface area contributed by atoms with E-state index in [4.69, 9.17) is 0 Å². The summed E-state index contributed by atoms with van der Waals surface area (Å²) in [4.78, 5) is 21.5. The molecule has 4 nitrogen and oxygen atoms in total. The van der Waals surface area contributed by atoms with Crippen molar-refractivity contribution in [3.05, 3.63) is 66.0 Å². The lowest BCUT2D eigenvalue weighted by atomic mass is 9.73. The van der Waals surface area contributed by atoms with Crippen LogP contribution in [0.2, 0.25) is 0 Å². The van der Waals surface area contributed by atoms with Gasteiger partial charge in [0.25, 0.3) is 0 Å². The van der Waals surface area contributed by atoms with Gasteiger partial charge in [0.2, 0.25) is 5.91 Å². The van der Waals surface area contributed by atoms with Gasteiger partial charge in [-0.25, -0.2) is 0 Å². The van der Waals surface area contributed by atoms with Crippen molar-refractivity contribution >= 4 is 5.91 Å². The molecule has 3 heterocycles. The number of hydrogen-bond donors (Lipinski definition) is 0. The van der Waals surface area contributed by atoms with E-state index in [-0.39, 0.29) is 5.41 Å². The van der Waals surface area contributed by atoms with Crippen molar-refractivity contribution in [3.8, 4) is 0 Å². The standard InChI is InChI=1S/C23H29N3O/c27-22-9-12-23(19-26(22)15-10-20-6-2-1-3-7-20)11-5-14-25(18-23)17-21-8-4-13-24-16-21/h1-4,6-8,13,16H,5,9-12,14-15,17-19H2/t23-/m0/s1. The molecule has 4 rings (SSSR count). The summed E-state index contributed by atoms with van der Waals surface area (Å²) in [6.45, 7) is 4.97. The number of hydrogen-bond acceptors (Lipinski definition) is 3. The fraction of sp³-hybridized carbons (Fsp3) is 0.478. The molecule has 4 heteroatoms. The maximum Gasteiger partial charge on any atom is 0.222 e. The Balaban J connectivity index is 1.38. The van der Waals surface area contributed by atoms with Gasteiger partial charge in [0.1, 0.15) is 0 Å². The van der Waals surface area contributed by atoms with E-state index >= 15 is 0 Å². The predicted octanol–water partition coefficient (Wildman–Crippen LogP) is 3.53. The molecule has 0 N–H and O–H groups in total. The van der Waals surface area contributed by atoms with Crippen LogP contribution in [0.15, 0.2) is 54.9 Å². The summed E-state index contributed by atoms with van der Waals surface area (Å²) in [6, 6.07) is 14.7. The normalized spacial score (nSPS) is 23.7. The van der Waals surface area contributed by atoms with Crippen molar-refractivity contribution in [1.29, 1.82) is 0 Å². The summed E-state index contributed by atoms with van der Waals surface area (Å²) in [7, 11) is 0. The first-order valence-corrected chi connectivity index (χ1v) is 10.2. The highest BCUT2D eigenvalue weighted by molar-refractivity contribution is 5.77. The number of pyridine rings is 1. The zero-order valence-corrected chi connectivity index (χ0v) is 16.0. The largest absolute Gasteiger partial charge is 0.342 e. The van der Waals surface area contributed by atoms with Crippen molar-refractivity contribution in [2.75, 3.05) is 26.2 Å². The van der Waals surface area contributed by atoms with Crippen molar-refractivity contribution in [2.45, 2.75) is 38.6 Å². The van der Waals surface area contributed by atoms with Crippen LogP contribution in [-0.2, 0) is 17.8 Å². The van der Waals surface area contributed by atoms with Gasteiger partial charge in [0.05, 0.1) is 0 Å². The second kappa shape index (κ2) is 8.22. The van der Waals surface area contributed by atoms with Gasteiger partial charge in [-0.2, -0.15) is 0 Å². The highest BCUT2D eigenvalue weighted by atomic mass is 16.2. The van der Waals surface area contributed by atoms with Crippen molar-refractivity contribution in [1.82, 2.24) is 14.8 Å². The predicted molar refractivity (Wildman–Crippen MR) is 107 cm³/mol. The topological polar surface area (TPSA) is 36.4 Å². The van der Waals surface area contributed by atoms with Crippen molar-refractivity contribution < 1.29 is 4.79 Å². The first-order chi connectivity index (χ1) is 13.2. The molecule has 1 aromatic heterocycles. The zero-order chi connectivity index (χ0) is 18.5. The molecule has 142 valence electrons. The maximum absolute atomic E-state index is 12.5. The smallest absolute Gasteiger partial charge is 0.222 e. The van der Waals surface area contributed by atoms with Crippen LogP contribution in [0.1, 0.15) is 36.8 Å². The molecular weight excluding hydrogens is 334 g/mol.